The van der Waals surface area contributed by atoms with E-state index in [1.54, 1.807) is 4.90 Å². The highest BCUT2D eigenvalue weighted by atomic mass is 16.5. The number of fused-ring (bicyclic) bond motifs is 3. The van der Waals surface area contributed by atoms with Crippen LogP contribution in [0.5, 0.6) is 0 Å². The first-order valence-corrected chi connectivity index (χ1v) is 12.7. The maximum atomic E-state index is 13.5. The van der Waals surface area contributed by atoms with Crippen LogP contribution in [0.15, 0.2) is 47.2 Å². The highest BCUT2D eigenvalue weighted by Crippen LogP contribution is 2.40. The maximum Gasteiger partial charge on any atom is 0.254 e. The van der Waals surface area contributed by atoms with E-state index in [0.717, 1.165) is 58.0 Å². The number of aryl methyl sites for hydroxylation is 2. The average molecular weight is 499 g/mol. The molecule has 8 nitrogen and oxygen atoms in total. The number of aromatic nitrogens is 2. The SMILES string of the molecule is C=C1CN(C(=O)c2ccc3c4cc(-c5c(C)noc5C)cc(C(N)=O)c4n(CC4CC4)c3c2)C[C@@H](C)O1. The van der Waals surface area contributed by atoms with Gasteiger partial charge < -0.3 is 24.5 Å². The van der Waals surface area contributed by atoms with Gasteiger partial charge in [0, 0.05) is 34.0 Å². The number of morpholine rings is 1. The predicted octanol–water partition coefficient (Wildman–Crippen LogP) is 4.95. The summed E-state index contributed by atoms with van der Waals surface area (Å²) in [7, 11) is 0. The summed E-state index contributed by atoms with van der Waals surface area (Å²) in [4.78, 5) is 28.0. The number of carbonyl (C=O) groups is 2. The molecule has 6 rings (SSSR count). The van der Waals surface area contributed by atoms with E-state index in [1.807, 2.05) is 45.0 Å². The van der Waals surface area contributed by atoms with E-state index in [2.05, 4.69) is 22.4 Å². The number of primary amides is 1. The van der Waals surface area contributed by atoms with Gasteiger partial charge in [0.25, 0.3) is 11.8 Å². The Kier molecular flexibility index (Phi) is 5.36. The van der Waals surface area contributed by atoms with E-state index in [1.165, 1.54) is 0 Å². The van der Waals surface area contributed by atoms with Crippen molar-refractivity contribution in [1.29, 1.82) is 0 Å². The normalized spacial score (nSPS) is 18.0. The molecule has 1 saturated heterocycles. The van der Waals surface area contributed by atoms with Gasteiger partial charge in [0.15, 0.2) is 0 Å². The van der Waals surface area contributed by atoms with Crippen LogP contribution < -0.4 is 5.73 Å². The second-order valence-corrected chi connectivity index (χ2v) is 10.4. The molecule has 2 aromatic carbocycles. The molecule has 8 heteroatoms. The molecule has 2 aromatic heterocycles. The zero-order valence-electron chi connectivity index (χ0n) is 21.3. The highest BCUT2D eigenvalue weighted by molar-refractivity contribution is 6.17. The third-order valence-corrected chi connectivity index (χ3v) is 7.43. The molecule has 2 fully saturated rings. The summed E-state index contributed by atoms with van der Waals surface area (Å²) < 4.78 is 13.2. The topological polar surface area (TPSA) is 104 Å². The lowest BCUT2D eigenvalue weighted by Gasteiger charge is -2.33. The van der Waals surface area contributed by atoms with Crippen molar-refractivity contribution in [3.63, 3.8) is 0 Å². The average Bonchev–Trinajstić information content (AvgIpc) is 3.55. The number of nitrogens with two attached hydrogens (primary N) is 1. The van der Waals surface area contributed by atoms with Crippen LogP contribution in [0.4, 0.5) is 0 Å². The second-order valence-electron chi connectivity index (χ2n) is 10.4. The molecule has 3 heterocycles. The van der Waals surface area contributed by atoms with Crippen molar-refractivity contribution in [2.24, 2.45) is 11.7 Å². The van der Waals surface area contributed by atoms with Crippen LogP contribution in [0, 0.1) is 19.8 Å². The van der Waals surface area contributed by atoms with Gasteiger partial charge in [-0.15, -0.1) is 0 Å². The van der Waals surface area contributed by atoms with E-state index in [4.69, 9.17) is 15.0 Å². The highest BCUT2D eigenvalue weighted by Gasteiger charge is 2.29. The largest absolute Gasteiger partial charge is 0.492 e. The van der Waals surface area contributed by atoms with Crippen molar-refractivity contribution in [2.75, 3.05) is 13.1 Å². The van der Waals surface area contributed by atoms with Crippen LogP contribution in [-0.4, -0.2) is 45.6 Å². The van der Waals surface area contributed by atoms with Crippen molar-refractivity contribution in [3.8, 4) is 11.1 Å². The molecular weight excluding hydrogens is 468 g/mol. The summed E-state index contributed by atoms with van der Waals surface area (Å²) in [6, 6.07) is 9.71. The number of ether oxygens (including phenoxy) is 1. The summed E-state index contributed by atoms with van der Waals surface area (Å²) >= 11 is 0. The number of hydrogen-bond donors (Lipinski definition) is 1. The minimum Gasteiger partial charge on any atom is -0.492 e. The molecule has 37 heavy (non-hydrogen) atoms. The van der Waals surface area contributed by atoms with Gasteiger partial charge in [-0.1, -0.05) is 17.8 Å². The Morgan fingerprint density at radius 3 is 2.59 bits per heavy atom. The molecule has 2 N–H and O–H groups in total. The smallest absolute Gasteiger partial charge is 0.254 e. The summed E-state index contributed by atoms with van der Waals surface area (Å²) in [5, 5.41) is 6.00. The van der Waals surface area contributed by atoms with Crippen molar-refractivity contribution in [1.82, 2.24) is 14.6 Å². The molecule has 190 valence electrons. The minimum absolute atomic E-state index is 0.0621. The predicted molar refractivity (Wildman–Crippen MR) is 141 cm³/mol. The molecule has 0 spiro atoms. The number of hydrogen-bond acceptors (Lipinski definition) is 5. The first-order chi connectivity index (χ1) is 17.7. The second kappa shape index (κ2) is 8.50. The molecular formula is C29H30N4O4. The zero-order valence-corrected chi connectivity index (χ0v) is 21.3. The lowest BCUT2D eigenvalue weighted by atomic mass is 9.97. The van der Waals surface area contributed by atoms with Crippen LogP contribution in [0.1, 0.15) is 51.9 Å². The Morgan fingerprint density at radius 1 is 1.16 bits per heavy atom. The van der Waals surface area contributed by atoms with Gasteiger partial charge in [0.2, 0.25) is 0 Å². The molecule has 2 amide bonds. The van der Waals surface area contributed by atoms with Crippen LogP contribution >= 0.6 is 0 Å². The maximum absolute atomic E-state index is 13.5. The van der Waals surface area contributed by atoms with Gasteiger partial charge in [-0.3, -0.25) is 9.59 Å². The molecule has 1 aliphatic carbocycles. The Bertz CT molecular complexity index is 1590. The standard InChI is InChI=1S/C29H30N4O4/c1-15-12-32(13-16(2)36-15)29(35)20-7-8-22-23-9-21(26-17(3)31-37-18(26)4)10-24(28(30)34)27(23)33(25(22)11-20)14-19-5-6-19/h7-11,16,19H,1,5-6,12-14H2,2-4H3,(H2,30,34)/t16-/m1/s1. The van der Waals surface area contributed by atoms with E-state index < -0.39 is 5.91 Å². The fourth-order valence-electron chi connectivity index (χ4n) is 5.63. The monoisotopic (exact) mass is 498 g/mol. The van der Waals surface area contributed by atoms with Crippen LogP contribution in [0.25, 0.3) is 32.9 Å². The zero-order chi connectivity index (χ0) is 26.0. The van der Waals surface area contributed by atoms with Gasteiger partial charge >= 0.3 is 0 Å². The van der Waals surface area contributed by atoms with Gasteiger partial charge in [-0.2, -0.15) is 0 Å². The molecule has 1 atom stereocenters. The first kappa shape index (κ1) is 23.3. The van der Waals surface area contributed by atoms with E-state index in [9.17, 15) is 9.59 Å². The van der Waals surface area contributed by atoms with Gasteiger partial charge in [0.05, 0.1) is 29.9 Å². The fraction of sp³-hybridized carbons (Fsp3) is 0.345. The Morgan fingerprint density at radius 2 is 1.95 bits per heavy atom. The summed E-state index contributed by atoms with van der Waals surface area (Å²) in [5.41, 5.74) is 11.2. The molecule has 1 aliphatic heterocycles. The summed E-state index contributed by atoms with van der Waals surface area (Å²) in [6.45, 7) is 11.2. The van der Waals surface area contributed by atoms with E-state index in [-0.39, 0.29) is 12.0 Å². The third-order valence-electron chi connectivity index (χ3n) is 7.43. The first-order valence-electron chi connectivity index (χ1n) is 12.7. The van der Waals surface area contributed by atoms with Crippen LogP contribution in [-0.2, 0) is 11.3 Å². The molecule has 0 bridgehead atoms. The molecule has 2 aliphatic rings. The molecule has 1 saturated carbocycles. The van der Waals surface area contributed by atoms with Crippen molar-refractivity contribution < 1.29 is 18.8 Å². The number of rotatable bonds is 5. The summed E-state index contributed by atoms with van der Waals surface area (Å²) in [6.07, 6.45) is 2.20. The molecule has 0 radical (unpaired) electrons. The van der Waals surface area contributed by atoms with Gasteiger partial charge in [-0.25, -0.2) is 0 Å². The quantitative estimate of drug-likeness (QED) is 0.419. The van der Waals surface area contributed by atoms with Crippen molar-refractivity contribution in [2.45, 2.75) is 46.3 Å². The Hall–Kier alpha value is -4.07. The van der Waals surface area contributed by atoms with E-state index >= 15 is 0 Å². The van der Waals surface area contributed by atoms with Gasteiger partial charge in [-0.05, 0) is 69.4 Å². The van der Waals surface area contributed by atoms with Crippen molar-refractivity contribution in [3.05, 3.63) is 65.3 Å². The summed E-state index contributed by atoms with van der Waals surface area (Å²) in [5.74, 6) is 1.27. The lowest BCUT2D eigenvalue weighted by molar-refractivity contribution is 0.0280. The van der Waals surface area contributed by atoms with Crippen LogP contribution in [0.3, 0.4) is 0 Å². The number of carbonyl (C=O) groups excluding carboxylic acids is 2. The minimum atomic E-state index is -0.490. The number of benzene rings is 2. The Balaban J connectivity index is 1.57. The van der Waals surface area contributed by atoms with E-state index in [0.29, 0.717) is 41.7 Å². The fourth-order valence-corrected chi connectivity index (χ4v) is 5.63. The lowest BCUT2D eigenvalue weighted by Crippen LogP contribution is -2.43. The third kappa shape index (κ3) is 3.97. The van der Waals surface area contributed by atoms with Crippen molar-refractivity contribution >= 4 is 33.6 Å². The van der Waals surface area contributed by atoms with Crippen LogP contribution in [0.2, 0.25) is 0 Å². The number of nitrogens with zero attached hydrogens (tertiary/aromatic N) is 3. The number of amides is 2. The molecule has 4 aromatic rings. The molecule has 0 unspecified atom stereocenters. The van der Waals surface area contributed by atoms with Gasteiger partial charge in [0.1, 0.15) is 17.6 Å². The Labute approximate surface area is 214 Å².